The number of hydrogen-bond donors (Lipinski definition) is 5. The number of halogens is 3. The van der Waals surface area contributed by atoms with E-state index in [4.69, 9.17) is 16.9 Å². The predicted molar refractivity (Wildman–Crippen MR) is 133 cm³/mol. The zero-order valence-electron chi connectivity index (χ0n) is 19.5. The summed E-state index contributed by atoms with van der Waals surface area (Å²) in [6.45, 7) is 4.18. The Morgan fingerprint density at radius 3 is 2.31 bits per heavy atom. The molecule has 7 N–H and O–H groups in total. The third-order valence-corrected chi connectivity index (χ3v) is 5.26. The topological polar surface area (TPSA) is 117 Å². The van der Waals surface area contributed by atoms with Crippen LogP contribution in [-0.2, 0) is 23.9 Å². The van der Waals surface area contributed by atoms with Crippen molar-refractivity contribution in [3.8, 4) is 11.1 Å². The van der Waals surface area contributed by atoms with Crippen LogP contribution in [-0.4, -0.2) is 17.8 Å². The standard InChI is InChI=1S/C26H28F3N5O/c1-15(2)34-22-7-8-23(18-9-20(26(27,28)29)13-21(30)10-18)19(11-22)12-24(35)33-14-16-3-5-17(6-4-16)25(31)32/h3-11,13,15,34H,12,14,30H2,1-2H3,(H3,31,32)(H,33,35). The molecule has 0 unspecified atom stereocenters. The number of amides is 1. The highest BCUT2D eigenvalue weighted by Crippen LogP contribution is 2.36. The highest BCUT2D eigenvalue weighted by molar-refractivity contribution is 5.94. The second-order valence-corrected chi connectivity index (χ2v) is 8.58. The van der Waals surface area contributed by atoms with Gasteiger partial charge in [0.15, 0.2) is 0 Å². The number of nitrogen functional groups attached to an aromatic ring is 2. The second kappa shape index (κ2) is 10.5. The monoisotopic (exact) mass is 483 g/mol. The van der Waals surface area contributed by atoms with Crippen molar-refractivity contribution in [1.82, 2.24) is 5.32 Å². The van der Waals surface area contributed by atoms with Gasteiger partial charge >= 0.3 is 6.18 Å². The zero-order chi connectivity index (χ0) is 25.8. The van der Waals surface area contributed by atoms with E-state index in [0.717, 1.165) is 23.4 Å². The summed E-state index contributed by atoms with van der Waals surface area (Å²) in [7, 11) is 0. The molecular formula is C26H28F3N5O. The number of amidine groups is 1. The molecule has 3 rings (SSSR count). The van der Waals surface area contributed by atoms with Crippen molar-refractivity contribution >= 4 is 23.1 Å². The Labute approximate surface area is 202 Å². The number of nitrogens with two attached hydrogens (primary N) is 2. The molecule has 3 aromatic rings. The van der Waals surface area contributed by atoms with Gasteiger partial charge in [0.2, 0.25) is 5.91 Å². The second-order valence-electron chi connectivity index (χ2n) is 8.58. The van der Waals surface area contributed by atoms with Crippen molar-refractivity contribution in [2.24, 2.45) is 5.73 Å². The van der Waals surface area contributed by atoms with E-state index in [1.54, 1.807) is 42.5 Å². The number of rotatable bonds is 8. The van der Waals surface area contributed by atoms with E-state index in [-0.39, 0.29) is 42.0 Å². The smallest absolute Gasteiger partial charge is 0.399 e. The number of anilines is 2. The van der Waals surface area contributed by atoms with E-state index < -0.39 is 11.7 Å². The highest BCUT2D eigenvalue weighted by Gasteiger charge is 2.31. The Morgan fingerprint density at radius 2 is 1.71 bits per heavy atom. The first-order valence-corrected chi connectivity index (χ1v) is 11.0. The molecule has 1 amide bonds. The maximum absolute atomic E-state index is 13.4. The van der Waals surface area contributed by atoms with Gasteiger partial charge in [-0.25, -0.2) is 0 Å². The Morgan fingerprint density at radius 1 is 1.03 bits per heavy atom. The summed E-state index contributed by atoms with van der Waals surface area (Å²) >= 11 is 0. The molecule has 0 aliphatic carbocycles. The first kappa shape index (κ1) is 25.6. The minimum Gasteiger partial charge on any atom is -0.399 e. The number of benzene rings is 3. The molecule has 0 atom stereocenters. The van der Waals surface area contributed by atoms with E-state index in [9.17, 15) is 18.0 Å². The fourth-order valence-corrected chi connectivity index (χ4v) is 3.65. The summed E-state index contributed by atoms with van der Waals surface area (Å²) in [5.74, 6) is -0.332. The fourth-order valence-electron chi connectivity index (χ4n) is 3.65. The molecule has 6 nitrogen and oxygen atoms in total. The molecule has 0 bridgehead atoms. The highest BCUT2D eigenvalue weighted by atomic mass is 19.4. The van der Waals surface area contributed by atoms with Gasteiger partial charge in [0.25, 0.3) is 0 Å². The van der Waals surface area contributed by atoms with E-state index in [2.05, 4.69) is 10.6 Å². The lowest BCUT2D eigenvalue weighted by Crippen LogP contribution is -2.25. The Kier molecular flexibility index (Phi) is 7.68. The molecule has 0 aromatic heterocycles. The van der Waals surface area contributed by atoms with Gasteiger partial charge in [0.05, 0.1) is 12.0 Å². The predicted octanol–water partition coefficient (Wildman–Crippen LogP) is 4.92. The van der Waals surface area contributed by atoms with Crippen LogP contribution in [0.25, 0.3) is 11.1 Å². The van der Waals surface area contributed by atoms with Gasteiger partial charge in [-0.05, 0) is 66.4 Å². The van der Waals surface area contributed by atoms with Gasteiger partial charge in [0, 0.05) is 29.5 Å². The molecule has 9 heteroatoms. The normalized spacial score (nSPS) is 11.4. The van der Waals surface area contributed by atoms with Crippen molar-refractivity contribution in [1.29, 1.82) is 5.41 Å². The molecule has 184 valence electrons. The summed E-state index contributed by atoms with van der Waals surface area (Å²) in [5, 5.41) is 13.5. The van der Waals surface area contributed by atoms with Crippen LogP contribution in [0.3, 0.4) is 0 Å². The number of hydrogen-bond acceptors (Lipinski definition) is 4. The molecule has 0 saturated heterocycles. The maximum Gasteiger partial charge on any atom is 0.416 e. The fraction of sp³-hybridized carbons (Fsp3) is 0.231. The van der Waals surface area contributed by atoms with E-state index in [1.165, 1.54) is 6.07 Å². The number of nitrogens with one attached hydrogen (secondary N) is 3. The van der Waals surface area contributed by atoms with Gasteiger partial charge in [-0.15, -0.1) is 0 Å². The third-order valence-electron chi connectivity index (χ3n) is 5.26. The average molecular weight is 484 g/mol. The summed E-state index contributed by atoms with van der Waals surface area (Å²) in [5.41, 5.74) is 13.9. The van der Waals surface area contributed by atoms with Crippen molar-refractivity contribution in [3.05, 3.63) is 82.9 Å². The van der Waals surface area contributed by atoms with Crippen molar-refractivity contribution in [3.63, 3.8) is 0 Å². The van der Waals surface area contributed by atoms with Crippen LogP contribution >= 0.6 is 0 Å². The van der Waals surface area contributed by atoms with Crippen molar-refractivity contribution in [2.45, 2.75) is 39.0 Å². The summed E-state index contributed by atoms with van der Waals surface area (Å²) in [6, 6.07) is 15.7. The van der Waals surface area contributed by atoms with E-state index in [0.29, 0.717) is 16.7 Å². The van der Waals surface area contributed by atoms with Gasteiger partial charge in [-0.3, -0.25) is 10.2 Å². The lowest BCUT2D eigenvalue weighted by Gasteiger charge is -2.17. The van der Waals surface area contributed by atoms with E-state index in [1.807, 2.05) is 13.8 Å². The van der Waals surface area contributed by atoms with E-state index >= 15 is 0 Å². The van der Waals surface area contributed by atoms with Crippen LogP contribution in [0, 0.1) is 5.41 Å². The first-order chi connectivity index (χ1) is 16.4. The molecule has 0 fully saturated rings. The van der Waals surface area contributed by atoms with Gasteiger partial charge in [-0.2, -0.15) is 13.2 Å². The zero-order valence-corrected chi connectivity index (χ0v) is 19.5. The third kappa shape index (κ3) is 6.99. The number of carbonyl (C=O) groups excluding carboxylic acids is 1. The Balaban J connectivity index is 1.87. The van der Waals surface area contributed by atoms with Crippen LogP contribution < -0.4 is 22.1 Å². The molecule has 0 aliphatic rings. The van der Waals surface area contributed by atoms with Crippen LogP contribution in [0.1, 0.15) is 36.1 Å². The Hall–Kier alpha value is -4.01. The lowest BCUT2D eigenvalue weighted by atomic mass is 9.94. The van der Waals surface area contributed by atoms with Gasteiger partial charge < -0.3 is 22.1 Å². The van der Waals surface area contributed by atoms with Crippen LogP contribution in [0.5, 0.6) is 0 Å². The van der Waals surface area contributed by atoms with Crippen molar-refractivity contribution < 1.29 is 18.0 Å². The van der Waals surface area contributed by atoms with Crippen LogP contribution in [0.15, 0.2) is 60.7 Å². The minimum atomic E-state index is -4.54. The summed E-state index contributed by atoms with van der Waals surface area (Å²) < 4.78 is 40.1. The van der Waals surface area contributed by atoms with Crippen LogP contribution in [0.2, 0.25) is 0 Å². The van der Waals surface area contributed by atoms with Crippen LogP contribution in [0.4, 0.5) is 24.5 Å². The molecule has 0 radical (unpaired) electrons. The molecule has 35 heavy (non-hydrogen) atoms. The summed E-state index contributed by atoms with van der Waals surface area (Å²) in [4.78, 5) is 12.8. The molecule has 0 heterocycles. The largest absolute Gasteiger partial charge is 0.416 e. The SMILES string of the molecule is CC(C)Nc1ccc(-c2cc(N)cc(C(F)(F)F)c2)c(CC(=O)NCc2ccc(C(=N)N)cc2)c1. The van der Waals surface area contributed by atoms with Crippen molar-refractivity contribution in [2.75, 3.05) is 11.1 Å². The molecular weight excluding hydrogens is 455 g/mol. The molecule has 0 aliphatic heterocycles. The molecule has 0 saturated carbocycles. The molecule has 3 aromatic carbocycles. The first-order valence-electron chi connectivity index (χ1n) is 11.0. The molecule has 0 spiro atoms. The Bertz CT molecular complexity index is 1220. The minimum absolute atomic E-state index is 0.0105. The van der Waals surface area contributed by atoms with Gasteiger partial charge in [-0.1, -0.05) is 30.3 Å². The maximum atomic E-state index is 13.4. The van der Waals surface area contributed by atoms with Gasteiger partial charge in [0.1, 0.15) is 5.84 Å². The summed E-state index contributed by atoms with van der Waals surface area (Å²) in [6.07, 6.45) is -4.58. The average Bonchev–Trinajstić information content (AvgIpc) is 2.76. The number of alkyl halides is 3. The lowest BCUT2D eigenvalue weighted by molar-refractivity contribution is -0.137. The quantitative estimate of drug-likeness (QED) is 0.178. The number of carbonyl (C=O) groups is 1.